The van der Waals surface area contributed by atoms with Crippen molar-refractivity contribution in [2.75, 3.05) is 6.61 Å². The molecule has 7 heteroatoms. The Morgan fingerprint density at radius 2 is 1.95 bits per heavy atom. The minimum Gasteiger partial charge on any atom is -0.461 e. The van der Waals surface area contributed by atoms with Crippen molar-refractivity contribution < 1.29 is 18.3 Å². The van der Waals surface area contributed by atoms with Crippen LogP contribution in [-0.4, -0.2) is 27.6 Å². The van der Waals surface area contributed by atoms with E-state index in [2.05, 4.69) is 10.3 Å². The minimum absolute atomic E-state index is 0.101. The molecule has 1 heterocycles. The number of esters is 1. The summed E-state index contributed by atoms with van der Waals surface area (Å²) < 4.78 is 32.4. The molecular formula is C13H13F2N3O2. The number of benzene rings is 1. The minimum atomic E-state index is -0.664. The highest BCUT2D eigenvalue weighted by Crippen LogP contribution is 2.12. The standard InChI is InChI=1S/C13H13F2N3O2/c1-3-20-13(19)12-8(2)18(17-16-12)7-9-4-10(14)6-11(15)5-9/h4-6H,3,7H2,1-2H3. The van der Waals surface area contributed by atoms with E-state index in [0.29, 0.717) is 11.3 Å². The van der Waals surface area contributed by atoms with Gasteiger partial charge in [-0.05, 0) is 31.5 Å². The zero-order valence-electron chi connectivity index (χ0n) is 11.1. The van der Waals surface area contributed by atoms with E-state index < -0.39 is 17.6 Å². The van der Waals surface area contributed by atoms with Gasteiger partial charge >= 0.3 is 5.97 Å². The molecule has 2 rings (SSSR count). The Morgan fingerprint density at radius 1 is 1.30 bits per heavy atom. The van der Waals surface area contributed by atoms with Crippen molar-refractivity contribution in [1.82, 2.24) is 15.0 Å². The van der Waals surface area contributed by atoms with E-state index in [1.54, 1.807) is 13.8 Å². The van der Waals surface area contributed by atoms with Gasteiger partial charge in [0.15, 0.2) is 5.69 Å². The first-order valence-electron chi connectivity index (χ1n) is 6.03. The van der Waals surface area contributed by atoms with Crippen LogP contribution in [0.1, 0.15) is 28.7 Å². The van der Waals surface area contributed by atoms with Crippen molar-refractivity contribution in [3.8, 4) is 0 Å². The zero-order valence-corrected chi connectivity index (χ0v) is 11.1. The molecule has 5 nitrogen and oxygen atoms in total. The molecule has 0 unspecified atom stereocenters. The molecule has 0 aliphatic heterocycles. The van der Waals surface area contributed by atoms with E-state index in [9.17, 15) is 13.6 Å². The molecule has 0 amide bonds. The molecule has 1 aromatic carbocycles. The van der Waals surface area contributed by atoms with Gasteiger partial charge in [0.05, 0.1) is 18.8 Å². The summed E-state index contributed by atoms with van der Waals surface area (Å²) in [6.45, 7) is 3.68. The molecule has 2 aromatic rings. The van der Waals surface area contributed by atoms with Gasteiger partial charge in [0.1, 0.15) is 11.6 Å². The number of ether oxygens (including phenoxy) is 1. The van der Waals surface area contributed by atoms with Crippen molar-refractivity contribution in [1.29, 1.82) is 0 Å². The van der Waals surface area contributed by atoms with Crippen LogP contribution in [0.2, 0.25) is 0 Å². The van der Waals surface area contributed by atoms with Gasteiger partial charge in [0.25, 0.3) is 0 Å². The maximum Gasteiger partial charge on any atom is 0.360 e. The van der Waals surface area contributed by atoms with Crippen molar-refractivity contribution in [3.05, 3.63) is 46.8 Å². The quantitative estimate of drug-likeness (QED) is 0.805. The van der Waals surface area contributed by atoms with Crippen LogP contribution >= 0.6 is 0 Å². The monoisotopic (exact) mass is 281 g/mol. The van der Waals surface area contributed by atoms with E-state index in [-0.39, 0.29) is 18.8 Å². The van der Waals surface area contributed by atoms with Crippen LogP contribution in [0.25, 0.3) is 0 Å². The first-order valence-corrected chi connectivity index (χ1v) is 6.03. The van der Waals surface area contributed by atoms with Crippen molar-refractivity contribution in [3.63, 3.8) is 0 Å². The third-order valence-electron chi connectivity index (χ3n) is 2.71. The number of carbonyl (C=O) groups is 1. The number of rotatable bonds is 4. The Balaban J connectivity index is 2.24. The van der Waals surface area contributed by atoms with Gasteiger partial charge in [0.2, 0.25) is 0 Å². The molecule has 0 aliphatic rings. The average Bonchev–Trinajstić information content (AvgIpc) is 2.70. The number of carbonyl (C=O) groups excluding carboxylic acids is 1. The molecule has 106 valence electrons. The average molecular weight is 281 g/mol. The number of nitrogens with zero attached hydrogens (tertiary/aromatic N) is 3. The topological polar surface area (TPSA) is 57.0 Å². The first-order chi connectivity index (χ1) is 9.51. The van der Waals surface area contributed by atoms with E-state index in [1.807, 2.05) is 0 Å². The summed E-state index contributed by atoms with van der Waals surface area (Å²) in [7, 11) is 0. The Labute approximate surface area is 114 Å². The number of hydrogen-bond donors (Lipinski definition) is 0. The lowest BCUT2D eigenvalue weighted by atomic mass is 10.2. The van der Waals surface area contributed by atoms with Crippen molar-refractivity contribution >= 4 is 5.97 Å². The summed E-state index contributed by atoms with van der Waals surface area (Å²) in [5, 5.41) is 7.52. The SMILES string of the molecule is CCOC(=O)c1nnn(Cc2cc(F)cc(F)c2)c1C. The van der Waals surface area contributed by atoms with E-state index in [1.165, 1.54) is 16.8 Å². The molecule has 0 aliphatic carbocycles. The predicted octanol–water partition coefficient (Wildman–Crippen LogP) is 2.09. The lowest BCUT2D eigenvalue weighted by Gasteiger charge is -2.05. The molecule has 0 atom stereocenters. The fourth-order valence-electron chi connectivity index (χ4n) is 1.77. The largest absolute Gasteiger partial charge is 0.461 e. The van der Waals surface area contributed by atoms with Crippen molar-refractivity contribution in [2.45, 2.75) is 20.4 Å². The fraction of sp³-hybridized carbons (Fsp3) is 0.308. The third-order valence-corrected chi connectivity index (χ3v) is 2.71. The smallest absolute Gasteiger partial charge is 0.360 e. The molecule has 0 spiro atoms. The summed E-state index contributed by atoms with van der Waals surface area (Å²) in [6, 6.07) is 3.20. The summed E-state index contributed by atoms with van der Waals surface area (Å²) in [5.74, 6) is -1.89. The molecule has 20 heavy (non-hydrogen) atoms. The summed E-state index contributed by atoms with van der Waals surface area (Å²) >= 11 is 0. The summed E-state index contributed by atoms with van der Waals surface area (Å²) in [6.07, 6.45) is 0. The van der Waals surface area contributed by atoms with Crippen LogP contribution in [-0.2, 0) is 11.3 Å². The second-order valence-corrected chi connectivity index (χ2v) is 4.18. The fourth-order valence-corrected chi connectivity index (χ4v) is 1.77. The molecule has 0 bridgehead atoms. The maximum absolute atomic E-state index is 13.1. The highest BCUT2D eigenvalue weighted by atomic mass is 19.1. The van der Waals surface area contributed by atoms with Crippen LogP contribution < -0.4 is 0 Å². The molecule has 1 aromatic heterocycles. The molecule has 0 radical (unpaired) electrons. The van der Waals surface area contributed by atoms with Gasteiger partial charge in [-0.2, -0.15) is 0 Å². The predicted molar refractivity (Wildman–Crippen MR) is 66.2 cm³/mol. The van der Waals surface area contributed by atoms with Gasteiger partial charge in [-0.3, -0.25) is 0 Å². The van der Waals surface area contributed by atoms with Gasteiger partial charge in [-0.25, -0.2) is 18.3 Å². The van der Waals surface area contributed by atoms with E-state index in [4.69, 9.17) is 4.74 Å². The molecule has 0 N–H and O–H groups in total. The second-order valence-electron chi connectivity index (χ2n) is 4.18. The normalized spacial score (nSPS) is 10.6. The van der Waals surface area contributed by atoms with E-state index in [0.717, 1.165) is 6.07 Å². The molecule has 0 saturated carbocycles. The maximum atomic E-state index is 13.1. The van der Waals surface area contributed by atoms with Crippen LogP contribution in [0.3, 0.4) is 0 Å². The summed E-state index contributed by atoms with van der Waals surface area (Å²) in [4.78, 5) is 11.6. The number of hydrogen-bond acceptors (Lipinski definition) is 4. The highest BCUT2D eigenvalue weighted by Gasteiger charge is 2.17. The van der Waals surface area contributed by atoms with Crippen LogP contribution in [0.5, 0.6) is 0 Å². The highest BCUT2D eigenvalue weighted by molar-refractivity contribution is 5.88. The van der Waals surface area contributed by atoms with Crippen molar-refractivity contribution in [2.24, 2.45) is 0 Å². The number of halogens is 2. The van der Waals surface area contributed by atoms with Crippen LogP contribution in [0, 0.1) is 18.6 Å². The lowest BCUT2D eigenvalue weighted by molar-refractivity contribution is 0.0518. The number of aromatic nitrogens is 3. The molecule has 0 saturated heterocycles. The van der Waals surface area contributed by atoms with Crippen LogP contribution in [0.15, 0.2) is 18.2 Å². The molecular weight excluding hydrogens is 268 g/mol. The Bertz CT molecular complexity index is 620. The Hall–Kier alpha value is -2.31. The van der Waals surface area contributed by atoms with Crippen LogP contribution in [0.4, 0.5) is 8.78 Å². The lowest BCUT2D eigenvalue weighted by Crippen LogP contribution is -2.09. The second kappa shape index (κ2) is 5.77. The van der Waals surface area contributed by atoms with Gasteiger partial charge < -0.3 is 4.74 Å². The van der Waals surface area contributed by atoms with Gasteiger partial charge in [0, 0.05) is 6.07 Å². The van der Waals surface area contributed by atoms with E-state index >= 15 is 0 Å². The zero-order chi connectivity index (χ0) is 14.7. The first kappa shape index (κ1) is 14.1. The molecule has 0 fully saturated rings. The van der Waals surface area contributed by atoms with Gasteiger partial charge in [-0.1, -0.05) is 5.21 Å². The Morgan fingerprint density at radius 3 is 2.55 bits per heavy atom. The Kier molecular flexibility index (Phi) is 4.07. The summed E-state index contributed by atoms with van der Waals surface area (Å²) in [5.41, 5.74) is 0.975. The van der Waals surface area contributed by atoms with Gasteiger partial charge in [-0.15, -0.1) is 5.10 Å². The third kappa shape index (κ3) is 2.98.